The Bertz CT molecular complexity index is 1050. The van der Waals surface area contributed by atoms with Crippen molar-refractivity contribution in [1.82, 2.24) is 4.90 Å². The van der Waals surface area contributed by atoms with Crippen molar-refractivity contribution in [3.8, 4) is 11.5 Å². The number of carbonyl (C=O) groups excluding carboxylic acids is 1. The molecule has 0 radical (unpaired) electrons. The SMILES string of the molecule is COc1ccc(OC)c([C@@H]2CCCN2CC(=O)Nc2ccccc2Cc2ccccc2)c1. The van der Waals surface area contributed by atoms with Crippen LogP contribution >= 0.6 is 0 Å². The summed E-state index contributed by atoms with van der Waals surface area (Å²) >= 11 is 0. The molecule has 4 rings (SSSR count). The van der Waals surface area contributed by atoms with Crippen LogP contribution in [0.5, 0.6) is 11.5 Å². The highest BCUT2D eigenvalue weighted by atomic mass is 16.5. The largest absolute Gasteiger partial charge is 0.497 e. The Morgan fingerprint density at radius 2 is 1.78 bits per heavy atom. The first-order chi connectivity index (χ1) is 15.7. The van der Waals surface area contributed by atoms with E-state index in [2.05, 4.69) is 28.4 Å². The zero-order valence-electron chi connectivity index (χ0n) is 18.7. The summed E-state index contributed by atoms with van der Waals surface area (Å²) in [6.45, 7) is 1.22. The Hall–Kier alpha value is -3.31. The van der Waals surface area contributed by atoms with Crippen molar-refractivity contribution >= 4 is 11.6 Å². The summed E-state index contributed by atoms with van der Waals surface area (Å²) < 4.78 is 11.0. The number of amides is 1. The molecule has 0 saturated carbocycles. The van der Waals surface area contributed by atoms with E-state index in [-0.39, 0.29) is 11.9 Å². The molecule has 5 nitrogen and oxygen atoms in total. The molecule has 166 valence electrons. The van der Waals surface area contributed by atoms with E-state index in [1.807, 2.05) is 54.6 Å². The number of rotatable bonds is 8. The van der Waals surface area contributed by atoms with Crippen LogP contribution in [-0.4, -0.2) is 38.1 Å². The number of carbonyl (C=O) groups is 1. The van der Waals surface area contributed by atoms with Crippen molar-refractivity contribution in [2.45, 2.75) is 25.3 Å². The lowest BCUT2D eigenvalue weighted by molar-refractivity contribution is -0.117. The van der Waals surface area contributed by atoms with Crippen molar-refractivity contribution in [1.29, 1.82) is 0 Å². The molecule has 1 fully saturated rings. The molecule has 0 unspecified atom stereocenters. The Balaban J connectivity index is 1.47. The molecule has 0 aromatic heterocycles. The van der Waals surface area contributed by atoms with E-state index in [0.29, 0.717) is 6.54 Å². The summed E-state index contributed by atoms with van der Waals surface area (Å²) in [5.41, 5.74) is 4.27. The molecule has 5 heteroatoms. The van der Waals surface area contributed by atoms with Gasteiger partial charge in [-0.1, -0.05) is 48.5 Å². The molecule has 1 amide bonds. The number of benzene rings is 3. The minimum Gasteiger partial charge on any atom is -0.497 e. The molecule has 1 atom stereocenters. The van der Waals surface area contributed by atoms with Crippen LogP contribution in [0, 0.1) is 0 Å². The molecule has 3 aromatic carbocycles. The van der Waals surface area contributed by atoms with Gasteiger partial charge in [-0.15, -0.1) is 0 Å². The fourth-order valence-electron chi connectivity index (χ4n) is 4.45. The summed E-state index contributed by atoms with van der Waals surface area (Å²) in [6.07, 6.45) is 2.81. The van der Waals surface area contributed by atoms with E-state index in [1.165, 1.54) is 5.56 Å². The summed E-state index contributed by atoms with van der Waals surface area (Å²) in [5, 5.41) is 3.14. The molecular weight excluding hydrogens is 400 g/mol. The molecule has 1 heterocycles. The molecule has 0 spiro atoms. The zero-order chi connectivity index (χ0) is 22.3. The average molecular weight is 431 g/mol. The third kappa shape index (κ3) is 5.11. The molecular formula is C27H30N2O3. The van der Waals surface area contributed by atoms with Crippen LogP contribution in [0.15, 0.2) is 72.8 Å². The van der Waals surface area contributed by atoms with Crippen LogP contribution in [0.2, 0.25) is 0 Å². The van der Waals surface area contributed by atoms with Gasteiger partial charge >= 0.3 is 0 Å². The van der Waals surface area contributed by atoms with Gasteiger partial charge in [-0.25, -0.2) is 0 Å². The van der Waals surface area contributed by atoms with E-state index in [4.69, 9.17) is 9.47 Å². The molecule has 0 aliphatic carbocycles. The summed E-state index contributed by atoms with van der Waals surface area (Å²) in [7, 11) is 3.35. The van der Waals surface area contributed by atoms with Gasteiger partial charge in [0.25, 0.3) is 0 Å². The Labute approximate surface area is 190 Å². The highest BCUT2D eigenvalue weighted by Crippen LogP contribution is 2.38. The quantitative estimate of drug-likeness (QED) is 0.542. The first kappa shape index (κ1) is 21.9. The number of para-hydroxylation sites is 1. The maximum absolute atomic E-state index is 13.0. The molecule has 1 N–H and O–H groups in total. The Kier molecular flexibility index (Phi) is 7.07. The van der Waals surface area contributed by atoms with Gasteiger partial charge in [0.2, 0.25) is 5.91 Å². The van der Waals surface area contributed by atoms with E-state index in [0.717, 1.165) is 54.1 Å². The number of anilines is 1. The lowest BCUT2D eigenvalue weighted by Gasteiger charge is -2.26. The average Bonchev–Trinajstić information content (AvgIpc) is 3.28. The number of hydrogen-bond acceptors (Lipinski definition) is 4. The smallest absolute Gasteiger partial charge is 0.238 e. The number of methoxy groups -OCH3 is 2. The van der Waals surface area contributed by atoms with E-state index in [9.17, 15) is 4.79 Å². The van der Waals surface area contributed by atoms with Crippen LogP contribution in [-0.2, 0) is 11.2 Å². The van der Waals surface area contributed by atoms with E-state index in [1.54, 1.807) is 14.2 Å². The van der Waals surface area contributed by atoms with Gasteiger partial charge in [-0.3, -0.25) is 9.69 Å². The minimum atomic E-state index is -0.000672. The topological polar surface area (TPSA) is 50.8 Å². The van der Waals surface area contributed by atoms with Gasteiger partial charge in [-0.05, 0) is 61.2 Å². The second-order valence-corrected chi connectivity index (χ2v) is 8.10. The normalized spacial score (nSPS) is 16.0. The Morgan fingerprint density at radius 1 is 1.00 bits per heavy atom. The van der Waals surface area contributed by atoms with Crippen LogP contribution in [0.4, 0.5) is 5.69 Å². The Morgan fingerprint density at radius 3 is 2.56 bits per heavy atom. The predicted octanol–water partition coefficient (Wildman–Crippen LogP) is 5.07. The predicted molar refractivity (Wildman–Crippen MR) is 127 cm³/mol. The second-order valence-electron chi connectivity index (χ2n) is 8.10. The summed E-state index contributed by atoms with van der Waals surface area (Å²) in [5.74, 6) is 1.63. The molecule has 1 aliphatic rings. The lowest BCUT2D eigenvalue weighted by atomic mass is 10.0. The second kappa shape index (κ2) is 10.3. The van der Waals surface area contributed by atoms with Gasteiger partial charge in [-0.2, -0.15) is 0 Å². The first-order valence-electron chi connectivity index (χ1n) is 11.1. The molecule has 1 aliphatic heterocycles. The van der Waals surface area contributed by atoms with E-state index < -0.39 is 0 Å². The highest BCUT2D eigenvalue weighted by Gasteiger charge is 2.30. The van der Waals surface area contributed by atoms with Crippen LogP contribution in [0.25, 0.3) is 0 Å². The maximum atomic E-state index is 13.0. The fraction of sp³-hybridized carbons (Fsp3) is 0.296. The number of nitrogens with zero attached hydrogens (tertiary/aromatic N) is 1. The van der Waals surface area contributed by atoms with Gasteiger partial charge in [0.05, 0.1) is 20.8 Å². The number of nitrogens with one attached hydrogen (secondary N) is 1. The first-order valence-corrected chi connectivity index (χ1v) is 11.1. The van der Waals surface area contributed by atoms with Crippen molar-refractivity contribution in [3.05, 3.63) is 89.5 Å². The van der Waals surface area contributed by atoms with Crippen molar-refractivity contribution in [3.63, 3.8) is 0 Å². The van der Waals surface area contributed by atoms with Crippen molar-refractivity contribution in [2.75, 3.05) is 32.6 Å². The monoisotopic (exact) mass is 430 g/mol. The lowest BCUT2D eigenvalue weighted by Crippen LogP contribution is -2.33. The summed E-state index contributed by atoms with van der Waals surface area (Å²) in [6, 6.07) is 24.3. The maximum Gasteiger partial charge on any atom is 0.238 e. The third-order valence-corrected chi connectivity index (χ3v) is 6.04. The minimum absolute atomic E-state index is 0.000672. The zero-order valence-corrected chi connectivity index (χ0v) is 18.7. The van der Waals surface area contributed by atoms with E-state index >= 15 is 0 Å². The number of hydrogen-bond donors (Lipinski definition) is 1. The third-order valence-electron chi connectivity index (χ3n) is 6.04. The van der Waals surface area contributed by atoms with Gasteiger partial charge in [0.15, 0.2) is 0 Å². The number of likely N-dealkylation sites (tertiary alicyclic amines) is 1. The fourth-order valence-corrected chi connectivity index (χ4v) is 4.45. The van der Waals surface area contributed by atoms with Crippen LogP contribution in [0.1, 0.15) is 35.6 Å². The summed E-state index contributed by atoms with van der Waals surface area (Å²) in [4.78, 5) is 15.2. The van der Waals surface area contributed by atoms with Crippen LogP contribution in [0.3, 0.4) is 0 Å². The highest BCUT2D eigenvalue weighted by molar-refractivity contribution is 5.93. The molecule has 3 aromatic rings. The molecule has 0 bridgehead atoms. The van der Waals surface area contributed by atoms with Crippen molar-refractivity contribution < 1.29 is 14.3 Å². The molecule has 32 heavy (non-hydrogen) atoms. The van der Waals surface area contributed by atoms with Gasteiger partial charge < -0.3 is 14.8 Å². The van der Waals surface area contributed by atoms with Crippen molar-refractivity contribution in [2.24, 2.45) is 0 Å². The standard InChI is InChI=1S/C27H30N2O3/c1-31-22-14-15-26(32-2)23(18-22)25-13-8-16-29(25)19-27(30)28-24-12-7-6-11-21(24)17-20-9-4-3-5-10-20/h3-7,9-12,14-15,18,25H,8,13,16-17,19H2,1-2H3,(H,28,30)/t25-/m0/s1. The number of ether oxygens (including phenoxy) is 2. The molecule has 1 saturated heterocycles. The van der Waals surface area contributed by atoms with Crippen LogP contribution < -0.4 is 14.8 Å². The van der Waals surface area contributed by atoms with Gasteiger partial charge in [0, 0.05) is 17.3 Å². The van der Waals surface area contributed by atoms with Gasteiger partial charge in [0.1, 0.15) is 11.5 Å².